The van der Waals surface area contributed by atoms with Crippen molar-refractivity contribution in [3.05, 3.63) is 70.9 Å². The Hall–Kier alpha value is -3.42. The molecule has 0 bridgehead atoms. The van der Waals surface area contributed by atoms with Crippen molar-refractivity contribution < 1.29 is 23.1 Å². The lowest BCUT2D eigenvalue weighted by Gasteiger charge is -2.30. The van der Waals surface area contributed by atoms with Gasteiger partial charge in [-0.3, -0.25) is 4.79 Å². The zero-order valence-corrected chi connectivity index (χ0v) is 16.8. The molecule has 8 heteroatoms. The van der Waals surface area contributed by atoms with E-state index in [1.807, 2.05) is 32.0 Å². The fourth-order valence-electron chi connectivity index (χ4n) is 3.45. The smallest absolute Gasteiger partial charge is 0.387 e. The molecule has 0 spiro atoms. The highest BCUT2D eigenvalue weighted by atomic mass is 19.3. The zero-order valence-electron chi connectivity index (χ0n) is 16.8. The monoisotopic (exact) mass is 415 g/mol. The van der Waals surface area contributed by atoms with E-state index in [1.165, 1.54) is 12.1 Å². The van der Waals surface area contributed by atoms with Crippen molar-refractivity contribution in [2.45, 2.75) is 39.3 Å². The molecule has 3 amide bonds. The maximum absolute atomic E-state index is 13.2. The molecular weight excluding hydrogens is 392 g/mol. The number of ether oxygens (including phenoxy) is 1. The van der Waals surface area contributed by atoms with E-state index < -0.39 is 24.6 Å². The molecule has 1 atom stereocenters. The molecule has 30 heavy (non-hydrogen) atoms. The molecule has 0 unspecified atom stereocenters. The molecule has 0 radical (unpaired) electrons. The molecule has 3 N–H and O–H groups in total. The van der Waals surface area contributed by atoms with Crippen LogP contribution in [0.4, 0.5) is 19.3 Å². The number of carbonyl (C=O) groups is 2. The summed E-state index contributed by atoms with van der Waals surface area (Å²) in [5.41, 5.74) is 2.39. The highest BCUT2D eigenvalue weighted by Gasteiger charge is 2.33. The maximum atomic E-state index is 13.2. The average Bonchev–Trinajstić information content (AvgIpc) is 2.67. The molecule has 0 fully saturated rings. The normalized spacial score (nSPS) is 16.4. The molecule has 1 aliphatic rings. The Morgan fingerprint density at radius 1 is 1.10 bits per heavy atom. The van der Waals surface area contributed by atoms with E-state index >= 15 is 0 Å². The van der Waals surface area contributed by atoms with Crippen LogP contribution < -0.4 is 20.7 Å². The third-order valence-electron chi connectivity index (χ3n) is 4.79. The van der Waals surface area contributed by atoms with Crippen molar-refractivity contribution in [3.8, 4) is 5.75 Å². The highest BCUT2D eigenvalue weighted by Crippen LogP contribution is 2.34. The number of nitrogens with one attached hydrogen (secondary N) is 3. The molecule has 158 valence electrons. The molecule has 2 aromatic rings. The number of allylic oxidation sites excluding steroid dienone is 1. The van der Waals surface area contributed by atoms with E-state index in [2.05, 4.69) is 20.7 Å². The number of hydrogen-bond acceptors (Lipinski definition) is 3. The molecule has 6 nitrogen and oxygen atoms in total. The Kier molecular flexibility index (Phi) is 6.34. The van der Waals surface area contributed by atoms with Crippen LogP contribution in [0.5, 0.6) is 5.75 Å². The number of anilines is 1. The summed E-state index contributed by atoms with van der Waals surface area (Å²) in [5.74, 6) is -0.387. The minimum absolute atomic E-state index is 0.111. The quantitative estimate of drug-likeness (QED) is 0.641. The minimum atomic E-state index is -3.04. The largest absolute Gasteiger partial charge is 0.434 e. The van der Waals surface area contributed by atoms with Gasteiger partial charge in [0.15, 0.2) is 0 Å². The van der Waals surface area contributed by atoms with Crippen molar-refractivity contribution in [2.75, 3.05) is 5.32 Å². The summed E-state index contributed by atoms with van der Waals surface area (Å²) in [6.07, 6.45) is 0. The van der Waals surface area contributed by atoms with E-state index in [0.29, 0.717) is 11.4 Å². The van der Waals surface area contributed by atoms with Crippen LogP contribution in [0.3, 0.4) is 0 Å². The summed E-state index contributed by atoms with van der Waals surface area (Å²) in [6.45, 7) is 2.58. The summed E-state index contributed by atoms with van der Waals surface area (Å²) in [7, 11) is 0. The van der Waals surface area contributed by atoms with E-state index in [9.17, 15) is 18.4 Å². The SMILES string of the molecule is CC1=C(C(=O)Nc2ccccc2C(C)C)[C@H](c2ccccc2OC(F)F)NC(=O)N1. The average molecular weight is 415 g/mol. The molecular formula is C22H23F2N3O3. The first kappa shape index (κ1) is 21.3. The number of urea groups is 1. The Labute approximate surface area is 173 Å². The summed E-state index contributed by atoms with van der Waals surface area (Å²) in [6, 6.07) is 12.0. The van der Waals surface area contributed by atoms with E-state index in [-0.39, 0.29) is 22.8 Å². The summed E-state index contributed by atoms with van der Waals surface area (Å²) in [5, 5.41) is 8.10. The molecule has 0 saturated heterocycles. The number of rotatable bonds is 6. The van der Waals surface area contributed by atoms with Gasteiger partial charge in [-0.25, -0.2) is 4.79 Å². The van der Waals surface area contributed by atoms with Crippen LogP contribution in [0.25, 0.3) is 0 Å². The number of hydrogen-bond donors (Lipinski definition) is 3. The summed E-state index contributed by atoms with van der Waals surface area (Å²) in [4.78, 5) is 25.3. The van der Waals surface area contributed by atoms with Crippen molar-refractivity contribution in [1.82, 2.24) is 10.6 Å². The molecule has 3 rings (SSSR count). The molecule has 1 aliphatic heterocycles. The number of halogens is 2. The lowest BCUT2D eigenvalue weighted by atomic mass is 9.93. The van der Waals surface area contributed by atoms with Crippen LogP contribution in [-0.4, -0.2) is 18.5 Å². The van der Waals surface area contributed by atoms with Gasteiger partial charge in [0, 0.05) is 16.9 Å². The van der Waals surface area contributed by atoms with E-state index in [1.54, 1.807) is 25.1 Å². The first-order chi connectivity index (χ1) is 14.3. The van der Waals surface area contributed by atoms with Gasteiger partial charge in [0.05, 0.1) is 11.6 Å². The molecule has 0 aliphatic carbocycles. The Balaban J connectivity index is 2.01. The first-order valence-electron chi connectivity index (χ1n) is 9.50. The Morgan fingerprint density at radius 2 is 1.77 bits per heavy atom. The fraction of sp³-hybridized carbons (Fsp3) is 0.273. The number of para-hydroxylation sites is 2. The summed E-state index contributed by atoms with van der Waals surface area (Å²) >= 11 is 0. The van der Waals surface area contributed by atoms with Crippen LogP contribution in [0.1, 0.15) is 43.9 Å². The maximum Gasteiger partial charge on any atom is 0.387 e. The predicted molar refractivity (Wildman–Crippen MR) is 109 cm³/mol. The fourth-order valence-corrected chi connectivity index (χ4v) is 3.45. The van der Waals surface area contributed by atoms with Crippen molar-refractivity contribution >= 4 is 17.6 Å². The standard InChI is InChI=1S/C22H23F2N3O3/c1-12(2)14-8-4-6-10-16(14)26-20(28)18-13(3)25-22(29)27-19(18)15-9-5-7-11-17(15)30-21(23)24/h4-12,19,21H,1-3H3,(H,26,28)(H2,25,27,29)/t19-/m0/s1. The van der Waals surface area contributed by atoms with Crippen LogP contribution in [0.2, 0.25) is 0 Å². The molecule has 2 aromatic carbocycles. The number of alkyl halides is 2. The lowest BCUT2D eigenvalue weighted by molar-refractivity contribution is -0.113. The molecule has 0 saturated carbocycles. The van der Waals surface area contributed by atoms with Gasteiger partial charge in [-0.05, 0) is 30.5 Å². The Bertz CT molecular complexity index is 989. The van der Waals surface area contributed by atoms with Gasteiger partial charge < -0.3 is 20.7 Å². The molecule has 1 heterocycles. The summed E-state index contributed by atoms with van der Waals surface area (Å²) < 4.78 is 30.3. The van der Waals surface area contributed by atoms with Crippen molar-refractivity contribution in [1.29, 1.82) is 0 Å². The van der Waals surface area contributed by atoms with E-state index in [4.69, 9.17) is 0 Å². The van der Waals surface area contributed by atoms with Crippen molar-refractivity contribution in [2.24, 2.45) is 0 Å². The van der Waals surface area contributed by atoms with Crippen LogP contribution in [0, 0.1) is 0 Å². The molecule has 0 aromatic heterocycles. The topological polar surface area (TPSA) is 79.5 Å². The van der Waals surface area contributed by atoms with Crippen LogP contribution in [0.15, 0.2) is 59.8 Å². The van der Waals surface area contributed by atoms with Crippen LogP contribution >= 0.6 is 0 Å². The lowest BCUT2D eigenvalue weighted by Crippen LogP contribution is -2.46. The third-order valence-corrected chi connectivity index (χ3v) is 4.79. The Morgan fingerprint density at radius 3 is 2.47 bits per heavy atom. The third kappa shape index (κ3) is 4.59. The number of amides is 3. The van der Waals surface area contributed by atoms with Gasteiger partial charge >= 0.3 is 12.6 Å². The van der Waals surface area contributed by atoms with Gasteiger partial charge in [0.2, 0.25) is 0 Å². The van der Waals surface area contributed by atoms with Gasteiger partial charge in [-0.15, -0.1) is 0 Å². The van der Waals surface area contributed by atoms with Gasteiger partial charge in [-0.1, -0.05) is 50.2 Å². The second kappa shape index (κ2) is 8.94. The van der Waals surface area contributed by atoms with Gasteiger partial charge in [0.25, 0.3) is 5.91 Å². The van der Waals surface area contributed by atoms with Crippen LogP contribution in [-0.2, 0) is 4.79 Å². The highest BCUT2D eigenvalue weighted by molar-refractivity contribution is 6.07. The minimum Gasteiger partial charge on any atom is -0.434 e. The van der Waals surface area contributed by atoms with E-state index in [0.717, 1.165) is 5.56 Å². The second-order valence-electron chi connectivity index (χ2n) is 7.18. The predicted octanol–water partition coefficient (Wildman–Crippen LogP) is 4.68. The second-order valence-corrected chi connectivity index (χ2v) is 7.18. The number of carbonyl (C=O) groups excluding carboxylic acids is 2. The van der Waals surface area contributed by atoms with Gasteiger partial charge in [0.1, 0.15) is 5.75 Å². The first-order valence-corrected chi connectivity index (χ1v) is 9.50. The zero-order chi connectivity index (χ0) is 21.8. The number of benzene rings is 2. The van der Waals surface area contributed by atoms with Gasteiger partial charge in [-0.2, -0.15) is 8.78 Å². The van der Waals surface area contributed by atoms with Crippen molar-refractivity contribution in [3.63, 3.8) is 0 Å².